The van der Waals surface area contributed by atoms with Crippen LogP contribution >= 0.6 is 11.3 Å². The van der Waals surface area contributed by atoms with Gasteiger partial charge in [0.05, 0.1) is 5.51 Å². The Morgan fingerprint density at radius 1 is 1.11 bits per heavy atom. The minimum Gasteiger partial charge on any atom is -0.430 e. The minimum absolute atomic E-state index is 0.232. The molecule has 1 atom stereocenters. The van der Waals surface area contributed by atoms with E-state index in [1.165, 1.54) is 23.0 Å². The van der Waals surface area contributed by atoms with Gasteiger partial charge in [0.15, 0.2) is 0 Å². The summed E-state index contributed by atoms with van der Waals surface area (Å²) < 4.78 is 57.3. The fourth-order valence-corrected chi connectivity index (χ4v) is 4.58. The number of nitrogens with zero attached hydrogens (tertiary/aromatic N) is 3. The number of nitrogens with one attached hydrogen (secondary N) is 1. The van der Waals surface area contributed by atoms with Crippen molar-refractivity contribution in [2.45, 2.75) is 31.5 Å². The van der Waals surface area contributed by atoms with Crippen LogP contribution in [0.3, 0.4) is 0 Å². The van der Waals surface area contributed by atoms with Crippen molar-refractivity contribution < 1.29 is 27.1 Å². The van der Waals surface area contributed by atoms with Crippen LogP contribution in [-0.2, 0) is 4.74 Å². The van der Waals surface area contributed by atoms with Crippen molar-refractivity contribution in [3.63, 3.8) is 0 Å². The van der Waals surface area contributed by atoms with Crippen LogP contribution in [0.1, 0.15) is 31.1 Å². The molecule has 1 aliphatic rings. The standard InChI is InChI=1S/C24H24F4N4O2S/c25-19-4-1-17(2-5-19)18-3-6-21(30-13-18)32-11-8-16(9-12-32)7-10-29-23(33)34-22(24(26,27)28)20-14-35-15-31-20/h1-6,13-16,22H,7-12H2,(H,29,33). The van der Waals surface area contributed by atoms with E-state index in [0.717, 1.165) is 54.2 Å². The van der Waals surface area contributed by atoms with Gasteiger partial charge in [-0.1, -0.05) is 12.1 Å². The molecule has 1 unspecified atom stereocenters. The molecule has 0 saturated carbocycles. The van der Waals surface area contributed by atoms with Crippen LogP contribution in [0.25, 0.3) is 11.1 Å². The summed E-state index contributed by atoms with van der Waals surface area (Å²) in [5.41, 5.74) is 2.73. The lowest BCUT2D eigenvalue weighted by Gasteiger charge is -2.33. The number of amides is 1. The molecule has 1 aromatic carbocycles. The number of anilines is 1. The molecule has 1 aliphatic heterocycles. The first-order chi connectivity index (χ1) is 16.8. The first kappa shape index (κ1) is 24.9. The number of thiazole rings is 1. The van der Waals surface area contributed by atoms with Gasteiger partial charge >= 0.3 is 12.3 Å². The van der Waals surface area contributed by atoms with E-state index in [4.69, 9.17) is 0 Å². The maximum Gasteiger partial charge on any atom is 0.431 e. The van der Waals surface area contributed by atoms with Crippen molar-refractivity contribution in [2.24, 2.45) is 5.92 Å². The Bertz CT molecular complexity index is 1080. The predicted octanol–water partition coefficient (Wildman–Crippen LogP) is 5.98. The SMILES string of the molecule is O=C(NCCC1CCN(c2ccc(-c3ccc(F)cc3)cn2)CC1)OC(c1cscn1)C(F)(F)F. The molecule has 1 fully saturated rings. The first-order valence-electron chi connectivity index (χ1n) is 11.2. The van der Waals surface area contributed by atoms with E-state index < -0.39 is 18.4 Å². The lowest BCUT2D eigenvalue weighted by molar-refractivity contribution is -0.207. The second-order valence-corrected chi connectivity index (χ2v) is 9.02. The first-order valence-corrected chi connectivity index (χ1v) is 12.1. The molecule has 1 saturated heterocycles. The van der Waals surface area contributed by atoms with Gasteiger partial charge in [0, 0.05) is 36.8 Å². The van der Waals surface area contributed by atoms with Crippen molar-refractivity contribution in [2.75, 3.05) is 24.5 Å². The third-order valence-electron chi connectivity index (χ3n) is 5.93. The molecule has 1 amide bonds. The Balaban J connectivity index is 1.20. The minimum atomic E-state index is -4.73. The van der Waals surface area contributed by atoms with Crippen molar-refractivity contribution in [1.29, 1.82) is 0 Å². The number of halogens is 4. The number of benzene rings is 1. The second kappa shape index (κ2) is 11.0. The number of pyridine rings is 1. The van der Waals surface area contributed by atoms with Crippen molar-refractivity contribution in [3.05, 3.63) is 65.0 Å². The highest BCUT2D eigenvalue weighted by atomic mass is 32.1. The van der Waals surface area contributed by atoms with Crippen LogP contribution in [0.5, 0.6) is 0 Å². The van der Waals surface area contributed by atoms with E-state index in [2.05, 4.69) is 24.9 Å². The highest BCUT2D eigenvalue weighted by molar-refractivity contribution is 7.07. The van der Waals surface area contributed by atoms with Gasteiger partial charge in [-0.2, -0.15) is 13.2 Å². The summed E-state index contributed by atoms with van der Waals surface area (Å²) in [5.74, 6) is 0.910. The zero-order valence-electron chi connectivity index (χ0n) is 18.7. The molecule has 0 spiro atoms. The van der Waals surface area contributed by atoms with Gasteiger partial charge in [0.2, 0.25) is 6.10 Å². The third kappa shape index (κ3) is 6.68. The monoisotopic (exact) mass is 508 g/mol. The van der Waals surface area contributed by atoms with Gasteiger partial charge in [-0.15, -0.1) is 11.3 Å². The van der Waals surface area contributed by atoms with Crippen LogP contribution in [0, 0.1) is 11.7 Å². The highest BCUT2D eigenvalue weighted by Gasteiger charge is 2.45. The molecule has 186 valence electrons. The smallest absolute Gasteiger partial charge is 0.430 e. The number of carbonyl (C=O) groups is 1. The molecular formula is C24H24F4N4O2S. The molecular weight excluding hydrogens is 484 g/mol. The van der Waals surface area contributed by atoms with Crippen LogP contribution in [0.15, 0.2) is 53.5 Å². The van der Waals surface area contributed by atoms with Gasteiger partial charge in [0.1, 0.15) is 17.3 Å². The molecule has 0 aliphatic carbocycles. The van der Waals surface area contributed by atoms with Gasteiger partial charge in [-0.05, 0) is 55.0 Å². The van der Waals surface area contributed by atoms with Gasteiger partial charge in [-0.3, -0.25) is 0 Å². The van der Waals surface area contributed by atoms with E-state index in [1.54, 1.807) is 18.3 Å². The number of hydrogen-bond acceptors (Lipinski definition) is 6. The Hall–Kier alpha value is -3.21. The number of rotatable bonds is 7. The Morgan fingerprint density at radius 3 is 2.43 bits per heavy atom. The largest absolute Gasteiger partial charge is 0.431 e. The average molecular weight is 509 g/mol. The van der Waals surface area contributed by atoms with E-state index in [0.29, 0.717) is 12.3 Å². The second-order valence-electron chi connectivity index (χ2n) is 8.30. The molecule has 4 rings (SSSR count). The molecule has 0 bridgehead atoms. The molecule has 3 aromatic rings. The van der Waals surface area contributed by atoms with Gasteiger partial charge < -0.3 is 15.0 Å². The van der Waals surface area contributed by atoms with E-state index in [1.807, 2.05) is 12.1 Å². The molecule has 1 N–H and O–H groups in total. The number of alkyl carbamates (subject to hydrolysis) is 1. The van der Waals surface area contributed by atoms with E-state index in [9.17, 15) is 22.4 Å². The number of aromatic nitrogens is 2. The van der Waals surface area contributed by atoms with Crippen molar-refractivity contribution >= 4 is 23.2 Å². The maximum absolute atomic E-state index is 13.2. The quantitative estimate of drug-likeness (QED) is 0.398. The van der Waals surface area contributed by atoms with E-state index in [-0.39, 0.29) is 18.1 Å². The summed E-state index contributed by atoms with van der Waals surface area (Å²) >= 11 is 1.00. The van der Waals surface area contributed by atoms with Crippen LogP contribution < -0.4 is 10.2 Å². The average Bonchev–Trinajstić information content (AvgIpc) is 3.37. The summed E-state index contributed by atoms with van der Waals surface area (Å²) in [6.45, 7) is 1.81. The lowest BCUT2D eigenvalue weighted by Crippen LogP contribution is -2.36. The normalized spacial score (nSPS) is 15.6. The fraction of sp³-hybridized carbons (Fsp3) is 0.375. The van der Waals surface area contributed by atoms with Crippen molar-refractivity contribution in [1.82, 2.24) is 15.3 Å². The molecule has 6 nitrogen and oxygen atoms in total. The van der Waals surface area contributed by atoms with Crippen LogP contribution in [-0.4, -0.2) is 41.9 Å². The fourth-order valence-electron chi connectivity index (χ4n) is 4.01. The Kier molecular flexibility index (Phi) is 7.84. The highest BCUT2D eigenvalue weighted by Crippen LogP contribution is 2.35. The lowest BCUT2D eigenvalue weighted by atomic mass is 9.93. The number of hydrogen-bond donors (Lipinski definition) is 1. The Labute approximate surface area is 204 Å². The Morgan fingerprint density at radius 2 is 1.83 bits per heavy atom. The van der Waals surface area contributed by atoms with Crippen molar-refractivity contribution in [3.8, 4) is 11.1 Å². The summed E-state index contributed by atoms with van der Waals surface area (Å²) in [7, 11) is 0. The summed E-state index contributed by atoms with van der Waals surface area (Å²) in [4.78, 5) is 22.3. The molecule has 2 aromatic heterocycles. The number of alkyl halides is 3. The maximum atomic E-state index is 13.2. The molecule has 11 heteroatoms. The third-order valence-corrected chi connectivity index (χ3v) is 6.53. The van der Waals surface area contributed by atoms with E-state index >= 15 is 0 Å². The molecule has 0 radical (unpaired) electrons. The number of ether oxygens (including phenoxy) is 1. The summed E-state index contributed by atoms with van der Waals surface area (Å²) in [6, 6.07) is 10.1. The van der Waals surface area contributed by atoms with Crippen LogP contribution in [0.2, 0.25) is 0 Å². The summed E-state index contributed by atoms with van der Waals surface area (Å²) in [6.07, 6.45) is -4.05. The predicted molar refractivity (Wildman–Crippen MR) is 125 cm³/mol. The topological polar surface area (TPSA) is 67.4 Å². The summed E-state index contributed by atoms with van der Waals surface area (Å²) in [5, 5.41) is 3.64. The molecule has 3 heterocycles. The van der Waals surface area contributed by atoms with Crippen LogP contribution in [0.4, 0.5) is 28.2 Å². The zero-order chi connectivity index (χ0) is 24.8. The van der Waals surface area contributed by atoms with Gasteiger partial charge in [-0.25, -0.2) is 19.2 Å². The van der Waals surface area contributed by atoms with Gasteiger partial charge in [0.25, 0.3) is 0 Å². The zero-order valence-corrected chi connectivity index (χ0v) is 19.5. The molecule has 35 heavy (non-hydrogen) atoms. The number of carbonyl (C=O) groups excluding carboxylic acids is 1. The number of piperidine rings is 1.